The zero-order valence-electron chi connectivity index (χ0n) is 14.1. The Morgan fingerprint density at radius 1 is 1.32 bits per heavy atom. The molecule has 118 valence electrons. The van der Waals surface area contributed by atoms with Gasteiger partial charge in [0.2, 0.25) is 5.91 Å². The van der Waals surface area contributed by atoms with Gasteiger partial charge in [-0.2, -0.15) is 0 Å². The molecule has 0 fully saturated rings. The van der Waals surface area contributed by atoms with Crippen molar-refractivity contribution in [2.24, 2.45) is 9.98 Å². The smallest absolute Gasteiger partial charge is 0.243 e. The van der Waals surface area contributed by atoms with E-state index in [1.54, 1.807) is 14.1 Å². The van der Waals surface area contributed by atoms with Crippen molar-refractivity contribution in [3.63, 3.8) is 0 Å². The quantitative estimate of drug-likeness (QED) is 0.674. The van der Waals surface area contributed by atoms with Crippen LogP contribution >= 0.6 is 0 Å². The molecule has 0 radical (unpaired) electrons. The summed E-state index contributed by atoms with van der Waals surface area (Å²) in [5.41, 5.74) is 4.59. The molecule has 0 aliphatic carbocycles. The number of rotatable bonds is 4. The van der Waals surface area contributed by atoms with Gasteiger partial charge in [-0.15, -0.1) is 0 Å². The molecule has 0 heterocycles. The Morgan fingerprint density at radius 3 is 2.27 bits per heavy atom. The van der Waals surface area contributed by atoms with Crippen molar-refractivity contribution in [3.05, 3.63) is 53.6 Å². The average Bonchev–Trinajstić information content (AvgIpc) is 2.54. The van der Waals surface area contributed by atoms with E-state index in [9.17, 15) is 4.79 Å². The summed E-state index contributed by atoms with van der Waals surface area (Å²) in [5.74, 6) is 2.80. The molecule has 4 nitrogen and oxygen atoms in total. The van der Waals surface area contributed by atoms with Crippen molar-refractivity contribution in [2.45, 2.75) is 20.3 Å². The minimum absolute atomic E-state index is 0.144. The highest BCUT2D eigenvalue weighted by Gasteiger charge is 2.02. The van der Waals surface area contributed by atoms with Crippen LogP contribution in [0.25, 0.3) is 0 Å². The Morgan fingerprint density at radius 2 is 1.91 bits per heavy atom. The van der Waals surface area contributed by atoms with Crippen LogP contribution < -0.4 is 5.32 Å². The molecule has 0 atom stereocenters. The lowest BCUT2D eigenvalue weighted by molar-refractivity contribution is -0.116. The van der Waals surface area contributed by atoms with Gasteiger partial charge in [-0.05, 0) is 31.4 Å². The largest absolute Gasteiger partial charge is 0.356 e. The van der Waals surface area contributed by atoms with Gasteiger partial charge in [0.25, 0.3) is 0 Å². The first-order valence-electron chi connectivity index (χ1n) is 7.02. The highest BCUT2D eigenvalue weighted by Crippen LogP contribution is 2.07. The van der Waals surface area contributed by atoms with E-state index in [4.69, 9.17) is 0 Å². The number of aliphatic imine (C=N–C) groups is 2. The van der Waals surface area contributed by atoms with Gasteiger partial charge in [-0.1, -0.05) is 36.4 Å². The summed E-state index contributed by atoms with van der Waals surface area (Å²) in [4.78, 5) is 18.1. The second kappa shape index (κ2) is 11.2. The van der Waals surface area contributed by atoms with E-state index in [2.05, 4.69) is 58.9 Å². The van der Waals surface area contributed by atoms with Crippen LogP contribution in [0.15, 0.2) is 52.5 Å². The molecule has 0 aliphatic rings. The van der Waals surface area contributed by atoms with Gasteiger partial charge in [0.05, 0.1) is 5.71 Å². The molecule has 0 bridgehead atoms. The molecule has 4 heteroatoms. The summed E-state index contributed by atoms with van der Waals surface area (Å²) in [5, 5.41) is 2.36. The number of carbonyl (C=O) groups is 1. The lowest BCUT2D eigenvalue weighted by Gasteiger charge is -2.04. The Labute approximate surface area is 133 Å². The standard InChI is InChI=1S/C14H18N2.C4H7NO/c1-11-5-7-13(8-6-11)9-14(16-4)12(2)10-15-3;1-3-4(6)5-2/h5-8H,9H2,1-4H3;3H,1H2,2H3,(H,5,6). The van der Waals surface area contributed by atoms with Crippen LogP contribution in [0.5, 0.6) is 0 Å². The summed E-state index contributed by atoms with van der Waals surface area (Å²) in [6.07, 6.45) is 2.06. The maximum atomic E-state index is 9.95. The number of amides is 1. The number of allylic oxidation sites excluding steroid dienone is 1. The zero-order chi connectivity index (χ0) is 17.0. The fraction of sp³-hybridized carbons (Fsp3) is 0.333. The van der Waals surface area contributed by atoms with Crippen LogP contribution in [0, 0.1) is 6.92 Å². The number of likely N-dealkylation sites (N-methyl/N-ethyl adjacent to an activating group) is 1. The van der Waals surface area contributed by atoms with Gasteiger partial charge < -0.3 is 5.32 Å². The summed E-state index contributed by atoms with van der Waals surface area (Å²) < 4.78 is 0. The predicted molar refractivity (Wildman–Crippen MR) is 95.1 cm³/mol. The molecule has 22 heavy (non-hydrogen) atoms. The second-order valence-corrected chi connectivity index (χ2v) is 4.61. The first kappa shape index (κ1) is 19.6. The van der Waals surface area contributed by atoms with Crippen molar-refractivity contribution in [3.8, 4) is 0 Å². The Bertz CT molecular complexity index is 577. The van der Waals surface area contributed by atoms with E-state index in [1.807, 2.05) is 14.0 Å². The predicted octanol–water partition coefficient (Wildman–Crippen LogP) is 2.77. The SMILES string of the molecule is C=CC(=O)NC.CN=C=C(C)C(Cc1ccc(C)cc1)=NC. The number of hydrogen-bond acceptors (Lipinski definition) is 3. The number of benzene rings is 1. The Balaban J connectivity index is 0.000000626. The summed E-state index contributed by atoms with van der Waals surface area (Å²) >= 11 is 0. The molecular weight excluding hydrogens is 274 g/mol. The van der Waals surface area contributed by atoms with E-state index in [0.29, 0.717) is 0 Å². The molecular formula is C18H25N3O. The topological polar surface area (TPSA) is 53.8 Å². The maximum absolute atomic E-state index is 9.95. The molecule has 0 saturated heterocycles. The van der Waals surface area contributed by atoms with E-state index in [1.165, 1.54) is 17.2 Å². The van der Waals surface area contributed by atoms with Gasteiger partial charge >= 0.3 is 0 Å². The molecule has 0 unspecified atom stereocenters. The van der Waals surface area contributed by atoms with Gasteiger partial charge in [-0.25, -0.2) is 4.99 Å². The third-order valence-electron chi connectivity index (χ3n) is 2.91. The van der Waals surface area contributed by atoms with Gasteiger partial charge in [0.15, 0.2) is 0 Å². The fourth-order valence-electron chi connectivity index (χ4n) is 1.61. The molecule has 1 amide bonds. The molecule has 1 rings (SSSR count). The fourth-order valence-corrected chi connectivity index (χ4v) is 1.61. The average molecular weight is 299 g/mol. The molecule has 1 N–H and O–H groups in total. The summed E-state index contributed by atoms with van der Waals surface area (Å²) in [7, 11) is 5.09. The van der Waals surface area contributed by atoms with Crippen LogP contribution in [0.4, 0.5) is 0 Å². The number of nitrogens with one attached hydrogen (secondary N) is 1. The van der Waals surface area contributed by atoms with E-state index in [0.717, 1.165) is 17.7 Å². The van der Waals surface area contributed by atoms with Crippen molar-refractivity contribution in [2.75, 3.05) is 21.1 Å². The van der Waals surface area contributed by atoms with Crippen LogP contribution in [0.1, 0.15) is 18.1 Å². The van der Waals surface area contributed by atoms with E-state index in [-0.39, 0.29) is 5.91 Å². The number of carbonyl (C=O) groups excluding carboxylic acids is 1. The third-order valence-corrected chi connectivity index (χ3v) is 2.91. The monoisotopic (exact) mass is 299 g/mol. The maximum Gasteiger partial charge on any atom is 0.243 e. The normalized spacial score (nSPS) is 9.77. The number of hydrogen-bond donors (Lipinski definition) is 1. The first-order chi connectivity index (χ1) is 10.5. The van der Waals surface area contributed by atoms with Crippen molar-refractivity contribution < 1.29 is 4.79 Å². The van der Waals surface area contributed by atoms with Gasteiger partial charge in [-0.3, -0.25) is 9.79 Å². The molecule has 0 saturated carbocycles. The van der Waals surface area contributed by atoms with Crippen LogP contribution in [-0.2, 0) is 11.2 Å². The van der Waals surface area contributed by atoms with Crippen molar-refractivity contribution >= 4 is 17.5 Å². The Kier molecular flexibility index (Phi) is 9.98. The molecule has 0 spiro atoms. The van der Waals surface area contributed by atoms with Crippen LogP contribution in [-0.4, -0.2) is 38.6 Å². The summed E-state index contributed by atoms with van der Waals surface area (Å²) in [6, 6.07) is 8.51. The van der Waals surface area contributed by atoms with Crippen molar-refractivity contribution in [1.82, 2.24) is 5.32 Å². The van der Waals surface area contributed by atoms with Gasteiger partial charge in [0, 0.05) is 33.1 Å². The van der Waals surface area contributed by atoms with Gasteiger partial charge in [0.1, 0.15) is 0 Å². The lowest BCUT2D eigenvalue weighted by Crippen LogP contribution is -2.13. The van der Waals surface area contributed by atoms with E-state index >= 15 is 0 Å². The minimum Gasteiger partial charge on any atom is -0.356 e. The highest BCUT2D eigenvalue weighted by atomic mass is 16.1. The van der Waals surface area contributed by atoms with Crippen LogP contribution in [0.3, 0.4) is 0 Å². The minimum atomic E-state index is -0.144. The number of nitrogens with zero attached hydrogens (tertiary/aromatic N) is 2. The molecule has 1 aromatic rings. The Hall–Kier alpha value is -2.45. The number of aryl methyl sites for hydroxylation is 1. The second-order valence-electron chi connectivity index (χ2n) is 4.61. The van der Waals surface area contributed by atoms with Crippen LogP contribution in [0.2, 0.25) is 0 Å². The summed E-state index contributed by atoms with van der Waals surface area (Å²) in [6.45, 7) is 7.30. The van der Waals surface area contributed by atoms with E-state index < -0.39 is 0 Å². The third kappa shape index (κ3) is 7.98. The zero-order valence-corrected chi connectivity index (χ0v) is 14.1. The molecule has 0 aliphatic heterocycles. The molecule has 0 aromatic heterocycles. The van der Waals surface area contributed by atoms with Crippen molar-refractivity contribution in [1.29, 1.82) is 0 Å². The lowest BCUT2D eigenvalue weighted by atomic mass is 10.0. The molecule has 1 aromatic carbocycles. The highest BCUT2D eigenvalue weighted by molar-refractivity contribution is 6.07. The first-order valence-corrected chi connectivity index (χ1v) is 7.02.